The maximum Gasteiger partial charge on any atom is 0.161 e. The van der Waals surface area contributed by atoms with Gasteiger partial charge in [0.2, 0.25) is 0 Å². The molecule has 4 nitrogen and oxygen atoms in total. The Morgan fingerprint density at radius 1 is 1.06 bits per heavy atom. The number of H-pyrrole nitrogens is 1. The molecule has 0 amide bonds. The molecular weight excluding hydrogens is 212 g/mol. The quantitative estimate of drug-likeness (QED) is 0.878. The summed E-state index contributed by atoms with van der Waals surface area (Å²) in [5.74, 6) is 1.67. The van der Waals surface area contributed by atoms with Crippen molar-refractivity contribution in [1.29, 1.82) is 0 Å². The fraction of sp³-hybridized carbons (Fsp3) is 0.385. The number of aromatic amines is 1. The average molecular weight is 230 g/mol. The van der Waals surface area contributed by atoms with Gasteiger partial charge in [0.15, 0.2) is 5.82 Å². The number of anilines is 1. The van der Waals surface area contributed by atoms with E-state index in [1.807, 2.05) is 6.92 Å². The molecule has 0 spiro atoms. The van der Waals surface area contributed by atoms with Crippen molar-refractivity contribution in [3.63, 3.8) is 0 Å². The zero-order valence-corrected chi connectivity index (χ0v) is 10.6. The highest BCUT2D eigenvalue weighted by Crippen LogP contribution is 2.20. The number of nitrogens with one attached hydrogen (secondary N) is 1. The number of aromatic nitrogens is 3. The smallest absolute Gasteiger partial charge is 0.161 e. The van der Waals surface area contributed by atoms with E-state index < -0.39 is 0 Å². The van der Waals surface area contributed by atoms with Crippen LogP contribution in [0.3, 0.4) is 0 Å². The second-order valence-electron chi connectivity index (χ2n) is 3.98. The van der Waals surface area contributed by atoms with Gasteiger partial charge < -0.3 is 9.88 Å². The highest BCUT2D eigenvalue weighted by atomic mass is 15.2. The van der Waals surface area contributed by atoms with Gasteiger partial charge in [-0.15, -0.1) is 10.2 Å². The van der Waals surface area contributed by atoms with Gasteiger partial charge in [-0.1, -0.05) is 0 Å². The van der Waals surface area contributed by atoms with Crippen LogP contribution >= 0.6 is 0 Å². The molecule has 4 heteroatoms. The molecule has 0 fully saturated rings. The average Bonchev–Trinajstić information content (AvgIpc) is 2.78. The summed E-state index contributed by atoms with van der Waals surface area (Å²) < 4.78 is 0. The van der Waals surface area contributed by atoms with E-state index in [2.05, 4.69) is 58.2 Å². The van der Waals surface area contributed by atoms with Crippen molar-refractivity contribution < 1.29 is 0 Å². The SMILES string of the molecule is CCN(CC)c1ccc(-c2nnc(C)[nH]2)cc1. The van der Waals surface area contributed by atoms with Crippen molar-refractivity contribution in [3.05, 3.63) is 30.1 Å². The lowest BCUT2D eigenvalue weighted by atomic mass is 10.2. The number of hydrogen-bond acceptors (Lipinski definition) is 3. The summed E-state index contributed by atoms with van der Waals surface area (Å²) >= 11 is 0. The molecule has 0 aliphatic carbocycles. The molecule has 0 saturated heterocycles. The summed E-state index contributed by atoms with van der Waals surface area (Å²) in [7, 11) is 0. The molecule has 0 aliphatic rings. The van der Waals surface area contributed by atoms with E-state index in [9.17, 15) is 0 Å². The molecular formula is C13H18N4. The number of aryl methyl sites for hydroxylation is 1. The summed E-state index contributed by atoms with van der Waals surface area (Å²) in [4.78, 5) is 5.45. The number of hydrogen-bond donors (Lipinski definition) is 1. The van der Waals surface area contributed by atoms with Crippen molar-refractivity contribution >= 4 is 5.69 Å². The Kier molecular flexibility index (Phi) is 3.42. The molecule has 0 bridgehead atoms. The Hall–Kier alpha value is -1.84. The summed E-state index contributed by atoms with van der Waals surface area (Å²) in [6.07, 6.45) is 0. The Labute approximate surface area is 102 Å². The summed E-state index contributed by atoms with van der Waals surface area (Å²) in [5.41, 5.74) is 2.32. The van der Waals surface area contributed by atoms with Crippen LogP contribution in [0.5, 0.6) is 0 Å². The van der Waals surface area contributed by atoms with Gasteiger partial charge in [-0.25, -0.2) is 0 Å². The second-order valence-corrected chi connectivity index (χ2v) is 3.98. The largest absolute Gasteiger partial charge is 0.372 e. The fourth-order valence-electron chi connectivity index (χ4n) is 1.90. The van der Waals surface area contributed by atoms with Crippen LogP contribution in [0.2, 0.25) is 0 Å². The van der Waals surface area contributed by atoms with Crippen molar-refractivity contribution in [2.45, 2.75) is 20.8 Å². The lowest BCUT2D eigenvalue weighted by molar-refractivity contribution is 0.866. The second kappa shape index (κ2) is 4.99. The first kappa shape index (κ1) is 11.6. The van der Waals surface area contributed by atoms with Crippen molar-refractivity contribution in [3.8, 4) is 11.4 Å². The zero-order valence-electron chi connectivity index (χ0n) is 10.6. The van der Waals surface area contributed by atoms with Gasteiger partial charge in [-0.3, -0.25) is 0 Å². The van der Waals surface area contributed by atoms with E-state index in [-0.39, 0.29) is 0 Å². The molecule has 90 valence electrons. The third kappa shape index (κ3) is 2.46. The molecule has 0 aliphatic heterocycles. The highest BCUT2D eigenvalue weighted by molar-refractivity contribution is 5.60. The lowest BCUT2D eigenvalue weighted by Crippen LogP contribution is -2.21. The van der Waals surface area contributed by atoms with Crippen LogP contribution in [-0.4, -0.2) is 28.3 Å². The van der Waals surface area contributed by atoms with Gasteiger partial charge >= 0.3 is 0 Å². The minimum absolute atomic E-state index is 0.827. The molecule has 1 aromatic heterocycles. The van der Waals surface area contributed by atoms with E-state index in [4.69, 9.17) is 0 Å². The standard InChI is InChI=1S/C13H18N4/c1-4-17(5-2)12-8-6-11(7-9-12)13-14-10(3)15-16-13/h6-9H,4-5H2,1-3H3,(H,14,15,16). The van der Waals surface area contributed by atoms with Gasteiger partial charge in [0, 0.05) is 24.3 Å². The minimum atomic E-state index is 0.827. The van der Waals surface area contributed by atoms with E-state index in [1.54, 1.807) is 0 Å². The lowest BCUT2D eigenvalue weighted by Gasteiger charge is -2.20. The van der Waals surface area contributed by atoms with Gasteiger partial charge in [0.25, 0.3) is 0 Å². The maximum absolute atomic E-state index is 4.08. The monoisotopic (exact) mass is 230 g/mol. The number of benzene rings is 1. The molecule has 0 radical (unpaired) electrons. The molecule has 2 aromatic rings. The van der Waals surface area contributed by atoms with Crippen LogP contribution in [0.25, 0.3) is 11.4 Å². The molecule has 1 heterocycles. The summed E-state index contributed by atoms with van der Waals surface area (Å²) in [5, 5.41) is 8.05. The molecule has 0 atom stereocenters. The first-order valence-electron chi connectivity index (χ1n) is 5.99. The van der Waals surface area contributed by atoms with Crippen LogP contribution in [0.15, 0.2) is 24.3 Å². The van der Waals surface area contributed by atoms with Crippen LogP contribution in [0, 0.1) is 6.92 Å². The molecule has 0 unspecified atom stereocenters. The molecule has 1 N–H and O–H groups in total. The Bertz CT molecular complexity index is 468. The molecule has 17 heavy (non-hydrogen) atoms. The Morgan fingerprint density at radius 2 is 1.71 bits per heavy atom. The predicted molar refractivity (Wildman–Crippen MR) is 70.1 cm³/mol. The van der Waals surface area contributed by atoms with E-state index in [1.165, 1.54) is 5.69 Å². The summed E-state index contributed by atoms with van der Waals surface area (Å²) in [6.45, 7) is 8.28. The molecule has 2 rings (SSSR count). The third-order valence-corrected chi connectivity index (χ3v) is 2.87. The highest BCUT2D eigenvalue weighted by Gasteiger charge is 2.05. The van der Waals surface area contributed by atoms with Crippen LogP contribution in [0.1, 0.15) is 19.7 Å². The van der Waals surface area contributed by atoms with Crippen LogP contribution in [0.4, 0.5) is 5.69 Å². The maximum atomic E-state index is 4.08. The van der Waals surface area contributed by atoms with Gasteiger partial charge in [0.05, 0.1) is 0 Å². The fourth-order valence-corrected chi connectivity index (χ4v) is 1.90. The number of rotatable bonds is 4. The van der Waals surface area contributed by atoms with E-state index in [0.29, 0.717) is 0 Å². The van der Waals surface area contributed by atoms with Crippen LogP contribution < -0.4 is 4.90 Å². The predicted octanol–water partition coefficient (Wildman–Crippen LogP) is 2.63. The van der Waals surface area contributed by atoms with Crippen LogP contribution in [-0.2, 0) is 0 Å². The minimum Gasteiger partial charge on any atom is -0.372 e. The van der Waals surface area contributed by atoms with Gasteiger partial charge in [0.1, 0.15) is 5.82 Å². The summed E-state index contributed by atoms with van der Waals surface area (Å²) in [6, 6.07) is 8.40. The Morgan fingerprint density at radius 3 is 2.18 bits per heavy atom. The molecule has 0 saturated carbocycles. The third-order valence-electron chi connectivity index (χ3n) is 2.87. The van der Waals surface area contributed by atoms with Gasteiger partial charge in [-0.2, -0.15) is 0 Å². The topological polar surface area (TPSA) is 44.8 Å². The number of nitrogens with zero attached hydrogens (tertiary/aromatic N) is 3. The normalized spacial score (nSPS) is 10.5. The Balaban J connectivity index is 2.23. The first-order valence-corrected chi connectivity index (χ1v) is 5.99. The first-order chi connectivity index (χ1) is 8.24. The van der Waals surface area contributed by atoms with Gasteiger partial charge in [-0.05, 0) is 45.0 Å². The molecule has 1 aromatic carbocycles. The van der Waals surface area contributed by atoms with Crippen molar-refractivity contribution in [2.24, 2.45) is 0 Å². The van der Waals surface area contributed by atoms with Crippen molar-refractivity contribution in [1.82, 2.24) is 15.2 Å². The van der Waals surface area contributed by atoms with E-state index >= 15 is 0 Å². The van der Waals surface area contributed by atoms with E-state index in [0.717, 1.165) is 30.3 Å². The van der Waals surface area contributed by atoms with Crippen molar-refractivity contribution in [2.75, 3.05) is 18.0 Å². The zero-order chi connectivity index (χ0) is 12.3.